The van der Waals surface area contributed by atoms with E-state index in [2.05, 4.69) is 38.8 Å². The SMILES string of the molecule is C=C(C)C(=O)OCC(O)COCCC[Si]1(C)OCCCC[Si](C)(CC[Si](C)(C)c2cccc(N(C)C(=O)F)c2)O1. The van der Waals surface area contributed by atoms with Crippen molar-refractivity contribution in [2.75, 3.05) is 38.4 Å². The van der Waals surface area contributed by atoms with E-state index in [-0.39, 0.29) is 13.2 Å². The summed E-state index contributed by atoms with van der Waals surface area (Å²) in [5.74, 6) is -0.524. The van der Waals surface area contributed by atoms with Crippen LogP contribution in [-0.4, -0.2) is 81.8 Å². The summed E-state index contributed by atoms with van der Waals surface area (Å²) in [5, 5.41) is 11.2. The Labute approximate surface area is 242 Å². The van der Waals surface area contributed by atoms with Gasteiger partial charge in [0.25, 0.3) is 0 Å². The van der Waals surface area contributed by atoms with Crippen molar-refractivity contribution in [1.29, 1.82) is 0 Å². The Hall–Kier alpha value is -1.68. The highest BCUT2D eigenvalue weighted by Gasteiger charge is 2.43. The minimum absolute atomic E-state index is 0.0894. The Kier molecular flexibility index (Phi) is 13.4. The molecular formula is C28H48FNO7Si3. The zero-order valence-electron chi connectivity index (χ0n) is 25.1. The molecule has 1 heterocycles. The molecule has 0 bridgehead atoms. The number of hydrogen-bond acceptors (Lipinski definition) is 7. The molecule has 1 N–H and O–H groups in total. The number of amides is 1. The number of hydrogen-bond donors (Lipinski definition) is 1. The maximum Gasteiger partial charge on any atom is 0.404 e. The van der Waals surface area contributed by atoms with Crippen LogP contribution >= 0.6 is 0 Å². The first-order valence-electron chi connectivity index (χ1n) is 14.1. The molecule has 1 fully saturated rings. The third-order valence-electron chi connectivity index (χ3n) is 7.51. The Bertz CT molecular complexity index is 1010. The molecule has 0 saturated carbocycles. The van der Waals surface area contributed by atoms with E-state index >= 15 is 0 Å². The van der Waals surface area contributed by atoms with Gasteiger partial charge in [-0.2, -0.15) is 0 Å². The van der Waals surface area contributed by atoms with Gasteiger partial charge < -0.3 is 23.1 Å². The number of benzene rings is 1. The lowest BCUT2D eigenvalue weighted by Gasteiger charge is -2.41. The number of nitrogens with zero attached hydrogens (tertiary/aromatic N) is 1. The molecule has 1 saturated heterocycles. The lowest BCUT2D eigenvalue weighted by atomic mass is 10.3. The minimum atomic E-state index is -2.42. The van der Waals surface area contributed by atoms with Crippen LogP contribution in [0.1, 0.15) is 26.2 Å². The molecule has 1 aliphatic rings. The molecule has 3 atom stereocenters. The molecule has 40 heavy (non-hydrogen) atoms. The molecule has 1 aromatic rings. The monoisotopic (exact) mass is 613 g/mol. The summed E-state index contributed by atoms with van der Waals surface area (Å²) in [6.07, 6.45) is 0.554. The Morgan fingerprint density at radius 2 is 1.95 bits per heavy atom. The lowest BCUT2D eigenvalue weighted by molar-refractivity contribution is -0.143. The first-order valence-corrected chi connectivity index (χ1v) is 22.7. The van der Waals surface area contributed by atoms with Crippen LogP contribution in [0.3, 0.4) is 0 Å². The van der Waals surface area contributed by atoms with E-state index in [1.54, 1.807) is 13.0 Å². The van der Waals surface area contributed by atoms with Crippen LogP contribution in [0.2, 0.25) is 50.4 Å². The number of aliphatic hydroxyl groups excluding tert-OH is 1. The van der Waals surface area contributed by atoms with Crippen molar-refractivity contribution in [1.82, 2.24) is 0 Å². The molecule has 8 nitrogen and oxygen atoms in total. The number of esters is 1. The van der Waals surface area contributed by atoms with Crippen molar-refractivity contribution >= 4 is 48.0 Å². The largest absolute Gasteiger partial charge is 0.460 e. The number of anilines is 1. The highest BCUT2D eigenvalue weighted by Crippen LogP contribution is 2.33. The van der Waals surface area contributed by atoms with E-state index in [0.717, 1.165) is 48.3 Å². The van der Waals surface area contributed by atoms with Gasteiger partial charge in [0.2, 0.25) is 0 Å². The minimum Gasteiger partial charge on any atom is -0.460 e. The van der Waals surface area contributed by atoms with Gasteiger partial charge >= 0.3 is 20.7 Å². The molecule has 0 radical (unpaired) electrons. The quantitative estimate of drug-likeness (QED) is 0.0741. The average molecular weight is 614 g/mol. The average Bonchev–Trinajstić information content (AvgIpc) is 2.89. The Morgan fingerprint density at radius 1 is 1.23 bits per heavy atom. The summed E-state index contributed by atoms with van der Waals surface area (Å²) in [6.45, 7) is 15.4. The van der Waals surface area contributed by atoms with Gasteiger partial charge in [0.15, 0.2) is 8.32 Å². The van der Waals surface area contributed by atoms with Crippen LogP contribution in [0.25, 0.3) is 0 Å². The standard InChI is InChI=1S/C28H48FNO7Si3/c1-23(2)27(32)35-22-25(31)21-34-14-11-17-40(7)36-15-8-9-16-39(6,37-40)19-18-38(4,5)26-13-10-12-24(20-26)30(3)28(29)33/h10,12-13,20,25,31H,1,8-9,11,14-19,21-22H2,2-7H3. The topological polar surface area (TPSA) is 94.5 Å². The predicted octanol–water partition coefficient (Wildman–Crippen LogP) is 5.49. The second-order valence-electron chi connectivity index (χ2n) is 11.9. The number of rotatable bonds is 14. The van der Waals surface area contributed by atoms with Crippen molar-refractivity contribution in [3.05, 3.63) is 36.4 Å². The molecule has 0 spiro atoms. The van der Waals surface area contributed by atoms with Crippen molar-refractivity contribution < 1.29 is 37.1 Å². The molecule has 1 aromatic carbocycles. The second kappa shape index (κ2) is 15.5. The van der Waals surface area contributed by atoms with Crippen LogP contribution in [0.15, 0.2) is 36.4 Å². The van der Waals surface area contributed by atoms with E-state index in [1.807, 2.05) is 12.1 Å². The van der Waals surface area contributed by atoms with Crippen LogP contribution in [0.4, 0.5) is 14.9 Å². The van der Waals surface area contributed by atoms with Crippen LogP contribution < -0.4 is 10.1 Å². The molecule has 12 heteroatoms. The zero-order valence-corrected chi connectivity index (χ0v) is 28.1. The van der Waals surface area contributed by atoms with Gasteiger partial charge in [-0.3, -0.25) is 4.90 Å². The van der Waals surface area contributed by atoms with Gasteiger partial charge in [-0.15, -0.1) is 4.39 Å². The smallest absolute Gasteiger partial charge is 0.404 e. The number of halogens is 1. The first-order chi connectivity index (χ1) is 18.7. The zero-order chi connectivity index (χ0) is 30.0. The number of carbonyl (C=O) groups excluding carboxylic acids is 2. The third-order valence-corrected chi connectivity index (χ3v) is 19.9. The number of aliphatic hydroxyl groups is 1. The third kappa shape index (κ3) is 11.3. The molecule has 1 amide bonds. The summed E-state index contributed by atoms with van der Waals surface area (Å²) in [4.78, 5) is 23.7. The maximum absolute atomic E-state index is 13.3. The molecule has 0 aromatic heterocycles. The van der Waals surface area contributed by atoms with E-state index < -0.39 is 43.2 Å². The van der Waals surface area contributed by atoms with Gasteiger partial charge in [0.05, 0.1) is 14.7 Å². The first kappa shape index (κ1) is 34.5. The summed E-state index contributed by atoms with van der Waals surface area (Å²) in [6, 6.07) is 11.7. The molecule has 1 aliphatic heterocycles. The fourth-order valence-electron chi connectivity index (χ4n) is 4.81. The van der Waals surface area contributed by atoms with Crippen molar-refractivity contribution in [3.8, 4) is 0 Å². The number of carbonyl (C=O) groups is 2. The fraction of sp³-hybridized carbons (Fsp3) is 0.643. The Morgan fingerprint density at radius 3 is 2.62 bits per heavy atom. The summed E-state index contributed by atoms with van der Waals surface area (Å²) in [5.41, 5.74) is 0.868. The van der Waals surface area contributed by atoms with Crippen molar-refractivity contribution in [2.24, 2.45) is 0 Å². The predicted molar refractivity (Wildman–Crippen MR) is 164 cm³/mol. The fourth-order valence-corrected chi connectivity index (χ4v) is 19.2. The molecule has 226 valence electrons. The van der Waals surface area contributed by atoms with Gasteiger partial charge in [-0.05, 0) is 63.1 Å². The van der Waals surface area contributed by atoms with E-state index in [0.29, 0.717) is 24.5 Å². The normalized spacial score (nSPS) is 22.6. The second-order valence-corrected chi connectivity index (χ2v) is 24.6. The highest BCUT2D eigenvalue weighted by atomic mass is 28.4. The van der Waals surface area contributed by atoms with Crippen LogP contribution in [0, 0.1) is 0 Å². The lowest BCUT2D eigenvalue weighted by Crippen LogP contribution is -2.53. The van der Waals surface area contributed by atoms with Crippen LogP contribution in [-0.2, 0) is 22.8 Å². The highest BCUT2D eigenvalue weighted by molar-refractivity contribution is 6.92. The van der Waals surface area contributed by atoms with E-state index in [4.69, 9.17) is 18.0 Å². The maximum atomic E-state index is 13.3. The molecule has 3 unspecified atom stereocenters. The van der Waals surface area contributed by atoms with E-state index in [9.17, 15) is 19.1 Å². The summed E-state index contributed by atoms with van der Waals surface area (Å²) >= 11 is 0. The van der Waals surface area contributed by atoms with Crippen molar-refractivity contribution in [2.45, 2.75) is 82.7 Å². The molecule has 2 rings (SSSR count). The van der Waals surface area contributed by atoms with Gasteiger partial charge in [0, 0.05) is 31.5 Å². The van der Waals surface area contributed by atoms with Gasteiger partial charge in [-0.1, -0.05) is 49.5 Å². The summed E-state index contributed by atoms with van der Waals surface area (Å²) < 4.78 is 37.3. The van der Waals surface area contributed by atoms with E-state index in [1.165, 1.54) is 12.2 Å². The molecular weight excluding hydrogens is 566 g/mol. The van der Waals surface area contributed by atoms with Crippen molar-refractivity contribution in [3.63, 3.8) is 0 Å². The summed E-state index contributed by atoms with van der Waals surface area (Å²) in [7, 11) is -4.90. The van der Waals surface area contributed by atoms with Crippen LogP contribution in [0.5, 0.6) is 0 Å². The van der Waals surface area contributed by atoms with Gasteiger partial charge in [0.1, 0.15) is 12.7 Å². The molecule has 0 aliphatic carbocycles. The van der Waals surface area contributed by atoms with Gasteiger partial charge in [-0.25, -0.2) is 9.59 Å². The Balaban J connectivity index is 1.92. The number of ether oxygens (including phenoxy) is 2.